The molecule has 0 aromatic heterocycles. The number of ketones is 2. The summed E-state index contributed by atoms with van der Waals surface area (Å²) in [5.41, 5.74) is 7.73. The largest absolute Gasteiger partial charge is 0.372 e. The lowest BCUT2D eigenvalue weighted by molar-refractivity contribution is -0.122. The van der Waals surface area contributed by atoms with Crippen molar-refractivity contribution in [3.8, 4) is 0 Å². The van der Waals surface area contributed by atoms with Crippen molar-refractivity contribution < 1.29 is 9.59 Å². The molecule has 3 rings (SSSR count). The van der Waals surface area contributed by atoms with Crippen LogP contribution in [0.15, 0.2) is 47.5 Å². The molecule has 0 bridgehead atoms. The van der Waals surface area contributed by atoms with Crippen molar-refractivity contribution in [1.29, 1.82) is 0 Å². The van der Waals surface area contributed by atoms with E-state index in [2.05, 4.69) is 87.7 Å². The highest BCUT2D eigenvalue weighted by Gasteiger charge is 2.26. The summed E-state index contributed by atoms with van der Waals surface area (Å²) in [6, 6.07) is 12.6. The van der Waals surface area contributed by atoms with Crippen molar-refractivity contribution >= 4 is 35.1 Å². The lowest BCUT2D eigenvalue weighted by Gasteiger charge is -2.22. The summed E-state index contributed by atoms with van der Waals surface area (Å²) in [6.07, 6.45) is 4.22. The second-order valence-corrected chi connectivity index (χ2v) is 8.99. The number of benzene rings is 2. The third kappa shape index (κ3) is 5.67. The maximum absolute atomic E-state index is 13.3. The summed E-state index contributed by atoms with van der Waals surface area (Å²) in [4.78, 5) is 30.5. The number of hydrogen-bond donors (Lipinski definition) is 0. The number of carbonyl (C=O) groups is 2. The van der Waals surface area contributed by atoms with E-state index in [1.165, 1.54) is 11.4 Å². The second-order valence-electron chi connectivity index (χ2n) is 8.99. The van der Waals surface area contributed by atoms with Gasteiger partial charge in [-0.1, -0.05) is 12.1 Å². The van der Waals surface area contributed by atoms with Crippen molar-refractivity contribution in [2.24, 2.45) is 0 Å². The molecule has 0 aliphatic heterocycles. The van der Waals surface area contributed by atoms with Crippen LogP contribution in [-0.2, 0) is 9.59 Å². The highest BCUT2D eigenvalue weighted by molar-refractivity contribution is 6.20. The maximum Gasteiger partial charge on any atom is 0.185 e. The molecule has 4 nitrogen and oxygen atoms in total. The second kappa shape index (κ2) is 11.3. The summed E-state index contributed by atoms with van der Waals surface area (Å²) < 4.78 is 0. The van der Waals surface area contributed by atoms with E-state index in [-0.39, 0.29) is 24.4 Å². The Hall–Kier alpha value is -3.14. The third-order valence-corrected chi connectivity index (χ3v) is 6.78. The van der Waals surface area contributed by atoms with Crippen LogP contribution in [0.2, 0.25) is 0 Å². The minimum Gasteiger partial charge on any atom is -0.372 e. The number of nitrogens with zero attached hydrogens (tertiary/aromatic N) is 2. The fraction of sp³-hybridized carbons (Fsp3) is 0.400. The van der Waals surface area contributed by atoms with E-state index in [0.29, 0.717) is 11.1 Å². The number of hydrogen-bond acceptors (Lipinski definition) is 4. The topological polar surface area (TPSA) is 40.6 Å². The first-order chi connectivity index (χ1) is 16.3. The summed E-state index contributed by atoms with van der Waals surface area (Å²) in [6.45, 7) is 16.5. The lowest BCUT2D eigenvalue weighted by atomic mass is 9.85. The molecular formula is C30H38N2O2. The van der Waals surface area contributed by atoms with Crippen molar-refractivity contribution in [2.75, 3.05) is 36.0 Å². The first-order valence-corrected chi connectivity index (χ1v) is 12.5. The Labute approximate surface area is 205 Å². The van der Waals surface area contributed by atoms with Gasteiger partial charge in [0.2, 0.25) is 0 Å². The molecule has 1 saturated carbocycles. The van der Waals surface area contributed by atoms with Gasteiger partial charge in [0.1, 0.15) is 5.78 Å². The maximum atomic E-state index is 13.3. The normalized spacial score (nSPS) is 16.4. The molecule has 0 radical (unpaired) electrons. The van der Waals surface area contributed by atoms with Crippen molar-refractivity contribution in [3.05, 3.63) is 69.8 Å². The van der Waals surface area contributed by atoms with Gasteiger partial charge < -0.3 is 9.80 Å². The number of allylic oxidation sites excluding steroid dienone is 2. The fourth-order valence-electron chi connectivity index (χ4n) is 4.68. The number of Topliss-reactive ketones (excluding diaryl/α,β-unsaturated/α-hetero) is 2. The molecule has 0 heterocycles. The zero-order valence-corrected chi connectivity index (χ0v) is 21.6. The molecule has 1 fully saturated rings. The van der Waals surface area contributed by atoms with E-state index in [1.54, 1.807) is 0 Å². The highest BCUT2D eigenvalue weighted by atomic mass is 16.1. The standard InChI is InChI=1S/C30H38N2O2/c1-7-31(8-2)27-13-11-23(21(5)15-27)17-25-19-29(33)20-26(30(25)34)18-24-12-14-28(16-22(24)6)32(9-3)10-4/h11-18H,7-10,19-20H2,1-6H3. The van der Waals surface area contributed by atoms with Gasteiger partial charge in [0.25, 0.3) is 0 Å². The van der Waals surface area contributed by atoms with Gasteiger partial charge in [-0.2, -0.15) is 0 Å². The zero-order chi connectivity index (χ0) is 24.8. The van der Waals surface area contributed by atoms with Gasteiger partial charge >= 0.3 is 0 Å². The monoisotopic (exact) mass is 458 g/mol. The Morgan fingerprint density at radius 2 is 1.06 bits per heavy atom. The first-order valence-electron chi connectivity index (χ1n) is 12.5. The molecule has 34 heavy (non-hydrogen) atoms. The first kappa shape index (κ1) is 25.5. The van der Waals surface area contributed by atoms with Gasteiger partial charge in [-0.3, -0.25) is 9.59 Å². The molecule has 4 heteroatoms. The molecule has 1 aliphatic rings. The van der Waals surface area contributed by atoms with Crippen molar-refractivity contribution in [1.82, 2.24) is 0 Å². The van der Waals surface area contributed by atoms with E-state index in [9.17, 15) is 9.59 Å². The summed E-state index contributed by atoms with van der Waals surface area (Å²) in [5.74, 6) is 0.0750. The van der Waals surface area contributed by atoms with Crippen LogP contribution in [0.1, 0.15) is 62.8 Å². The molecule has 0 N–H and O–H groups in total. The SMILES string of the molecule is CCN(CC)c1ccc(C=C2CC(=O)CC(=Cc3ccc(N(CC)CC)cc3C)C2=O)c(C)c1. The Morgan fingerprint density at radius 1 is 0.676 bits per heavy atom. The highest BCUT2D eigenvalue weighted by Crippen LogP contribution is 2.29. The Kier molecular flexibility index (Phi) is 8.49. The Bertz CT molecular complexity index is 1030. The van der Waals surface area contributed by atoms with Crippen LogP contribution < -0.4 is 9.80 Å². The summed E-state index contributed by atoms with van der Waals surface area (Å²) >= 11 is 0. The van der Waals surface area contributed by atoms with Gasteiger partial charge in [0.15, 0.2) is 5.78 Å². The number of carbonyl (C=O) groups excluding carboxylic acids is 2. The summed E-state index contributed by atoms with van der Waals surface area (Å²) in [7, 11) is 0. The van der Waals surface area contributed by atoms with E-state index >= 15 is 0 Å². The molecule has 0 amide bonds. The molecule has 0 atom stereocenters. The Balaban J connectivity index is 1.91. The van der Waals surface area contributed by atoms with Crippen LogP contribution in [-0.4, -0.2) is 37.7 Å². The molecular weight excluding hydrogens is 420 g/mol. The van der Waals surface area contributed by atoms with Crippen LogP contribution in [0.3, 0.4) is 0 Å². The molecule has 2 aromatic carbocycles. The number of aryl methyl sites for hydroxylation is 2. The molecule has 2 aromatic rings. The molecule has 180 valence electrons. The Morgan fingerprint density at radius 3 is 1.38 bits per heavy atom. The average Bonchev–Trinajstić information content (AvgIpc) is 2.81. The van der Waals surface area contributed by atoms with Gasteiger partial charge in [-0.15, -0.1) is 0 Å². The van der Waals surface area contributed by atoms with Gasteiger partial charge in [0.05, 0.1) is 0 Å². The van der Waals surface area contributed by atoms with Crippen molar-refractivity contribution in [2.45, 2.75) is 54.4 Å². The lowest BCUT2D eigenvalue weighted by Crippen LogP contribution is -2.22. The van der Waals surface area contributed by atoms with Crippen LogP contribution in [0.25, 0.3) is 12.2 Å². The smallest absolute Gasteiger partial charge is 0.185 e. The number of anilines is 2. The molecule has 0 unspecified atom stereocenters. The van der Waals surface area contributed by atoms with E-state index < -0.39 is 0 Å². The molecule has 1 aliphatic carbocycles. The van der Waals surface area contributed by atoms with Crippen LogP contribution in [0.4, 0.5) is 11.4 Å². The predicted octanol–water partition coefficient (Wildman–Crippen LogP) is 6.39. The van der Waals surface area contributed by atoms with Gasteiger partial charge in [0, 0.05) is 61.5 Å². The molecule has 0 spiro atoms. The fourth-order valence-corrected chi connectivity index (χ4v) is 4.68. The van der Waals surface area contributed by atoms with Crippen LogP contribution >= 0.6 is 0 Å². The van der Waals surface area contributed by atoms with E-state index in [1.807, 2.05) is 12.2 Å². The van der Waals surface area contributed by atoms with Gasteiger partial charge in [-0.25, -0.2) is 0 Å². The third-order valence-electron chi connectivity index (χ3n) is 6.78. The molecule has 0 saturated heterocycles. The summed E-state index contributed by atoms with van der Waals surface area (Å²) in [5, 5.41) is 0. The van der Waals surface area contributed by atoms with E-state index in [0.717, 1.165) is 48.4 Å². The quantitative estimate of drug-likeness (QED) is 0.430. The van der Waals surface area contributed by atoms with Gasteiger partial charge in [-0.05, 0) is 100 Å². The average molecular weight is 459 g/mol. The number of rotatable bonds is 8. The van der Waals surface area contributed by atoms with Crippen LogP contribution in [0.5, 0.6) is 0 Å². The van der Waals surface area contributed by atoms with Crippen molar-refractivity contribution in [3.63, 3.8) is 0 Å². The zero-order valence-electron chi connectivity index (χ0n) is 21.6. The predicted molar refractivity (Wildman–Crippen MR) is 145 cm³/mol. The van der Waals surface area contributed by atoms with E-state index in [4.69, 9.17) is 0 Å². The minimum atomic E-state index is -0.0148. The minimum absolute atomic E-state index is 0.0148. The van der Waals surface area contributed by atoms with Crippen LogP contribution in [0, 0.1) is 13.8 Å².